The number of likely N-dealkylation sites (tertiary alicyclic amines) is 1. The van der Waals surface area contributed by atoms with Crippen LogP contribution in [-0.2, 0) is 12.0 Å². The number of carbonyl (C=O) groups excluding carboxylic acids is 2. The molecule has 0 bridgehead atoms. The number of aromatic nitrogens is 1. The first-order valence-electron chi connectivity index (χ1n) is 13.6. The number of hydrogen-bond donors (Lipinski definition) is 0. The Kier molecular flexibility index (Phi) is 4.70. The Hall–Kier alpha value is -4.48. The summed E-state index contributed by atoms with van der Waals surface area (Å²) in [6.45, 7) is 0.518. The Bertz CT molecular complexity index is 1890. The Morgan fingerprint density at radius 3 is 2.38 bits per heavy atom. The zero-order valence-electron chi connectivity index (χ0n) is 21.9. The highest BCUT2D eigenvalue weighted by atomic mass is 19.1. The predicted octanol–water partition coefficient (Wildman–Crippen LogP) is 6.59. The molecule has 2 aliphatic carbocycles. The molecule has 40 heavy (non-hydrogen) atoms. The predicted molar refractivity (Wildman–Crippen MR) is 152 cm³/mol. The van der Waals surface area contributed by atoms with Crippen LogP contribution in [0.2, 0.25) is 0 Å². The Labute approximate surface area is 231 Å². The normalized spacial score (nSPS) is 25.0. The lowest BCUT2D eigenvalue weighted by Gasteiger charge is -2.44. The van der Waals surface area contributed by atoms with Crippen LogP contribution in [0.15, 0.2) is 103 Å². The molecule has 3 atom stereocenters. The molecule has 5 aromatic rings. The van der Waals surface area contributed by atoms with Crippen LogP contribution < -0.4 is 0 Å². The van der Waals surface area contributed by atoms with Gasteiger partial charge in [-0.3, -0.25) is 19.5 Å². The van der Waals surface area contributed by atoms with E-state index in [0.29, 0.717) is 24.1 Å². The van der Waals surface area contributed by atoms with E-state index in [4.69, 9.17) is 0 Å². The number of nitrogens with zero attached hydrogens (tertiary/aromatic N) is 2. The van der Waals surface area contributed by atoms with Crippen molar-refractivity contribution in [1.29, 1.82) is 0 Å². The molecule has 1 aliphatic heterocycles. The lowest BCUT2D eigenvalue weighted by atomic mass is 9.58. The monoisotopic (exact) mass is 524 g/mol. The molecule has 2 heterocycles. The highest BCUT2D eigenvalue weighted by molar-refractivity contribution is 6.24. The summed E-state index contributed by atoms with van der Waals surface area (Å²) in [5.74, 6) is -0.580. The van der Waals surface area contributed by atoms with Crippen molar-refractivity contribution in [1.82, 2.24) is 9.88 Å². The van der Waals surface area contributed by atoms with E-state index in [1.807, 2.05) is 73.9 Å². The second-order valence-electron chi connectivity index (χ2n) is 11.3. The Morgan fingerprint density at radius 1 is 0.825 bits per heavy atom. The van der Waals surface area contributed by atoms with Gasteiger partial charge in [0.2, 0.25) is 0 Å². The molecule has 8 rings (SSSR count). The van der Waals surface area contributed by atoms with Gasteiger partial charge in [-0.2, -0.15) is 0 Å². The van der Waals surface area contributed by atoms with Crippen molar-refractivity contribution in [2.75, 3.05) is 13.6 Å². The van der Waals surface area contributed by atoms with E-state index >= 15 is 0 Å². The molecule has 5 heteroatoms. The summed E-state index contributed by atoms with van der Waals surface area (Å²) in [5, 5.41) is 1.96. The highest BCUT2D eigenvalue weighted by Gasteiger charge is 2.74. The van der Waals surface area contributed by atoms with E-state index < -0.39 is 11.0 Å². The van der Waals surface area contributed by atoms with E-state index in [9.17, 15) is 14.0 Å². The van der Waals surface area contributed by atoms with Crippen LogP contribution in [0.25, 0.3) is 21.9 Å². The van der Waals surface area contributed by atoms with Crippen LogP contribution in [0.1, 0.15) is 43.3 Å². The Morgan fingerprint density at radius 2 is 1.57 bits per heavy atom. The van der Waals surface area contributed by atoms with E-state index in [1.54, 1.807) is 18.3 Å². The largest absolute Gasteiger partial charge is 0.293 e. The van der Waals surface area contributed by atoms with Gasteiger partial charge in [0.25, 0.3) is 0 Å². The standard InChI is InChI=1S/C35H25FN2O2/c1-38-20-30(25-16-24(18-37-19-25)21-12-14-26(36)15-13-21)34(17-23-6-2-3-9-27(23)32(34)39)35(38)29-11-5-8-22-7-4-10-28(31(22)29)33(35)40/h2-16,18-19,30H,17,20H2,1H3/t30-,34+,35+/m1/s1. The molecule has 4 aromatic carbocycles. The molecule has 1 fully saturated rings. The third-order valence-electron chi connectivity index (χ3n) is 9.61. The van der Waals surface area contributed by atoms with Crippen LogP contribution in [0.4, 0.5) is 4.39 Å². The molecule has 0 unspecified atom stereocenters. The van der Waals surface area contributed by atoms with Gasteiger partial charge in [0, 0.05) is 41.5 Å². The van der Waals surface area contributed by atoms with E-state index in [0.717, 1.165) is 38.6 Å². The average molecular weight is 525 g/mol. The second-order valence-corrected chi connectivity index (χ2v) is 11.3. The van der Waals surface area contributed by atoms with Gasteiger partial charge in [-0.1, -0.05) is 72.8 Å². The number of benzene rings is 4. The summed E-state index contributed by atoms with van der Waals surface area (Å²) < 4.78 is 13.7. The number of rotatable bonds is 2. The van der Waals surface area contributed by atoms with Crippen molar-refractivity contribution >= 4 is 22.3 Å². The van der Waals surface area contributed by atoms with Crippen molar-refractivity contribution in [2.24, 2.45) is 5.41 Å². The van der Waals surface area contributed by atoms with Crippen LogP contribution >= 0.6 is 0 Å². The maximum atomic E-state index is 14.9. The third kappa shape index (κ3) is 2.70. The molecule has 0 amide bonds. The zero-order chi connectivity index (χ0) is 27.2. The summed E-state index contributed by atoms with van der Waals surface area (Å²) in [6, 6.07) is 28.1. The fraction of sp³-hybridized carbons (Fsp3) is 0.171. The van der Waals surface area contributed by atoms with E-state index in [1.165, 1.54) is 12.1 Å². The fourth-order valence-corrected chi connectivity index (χ4v) is 8.06. The SMILES string of the molecule is CN1C[C@H](c2cncc(-c3ccc(F)cc3)c2)[C@]2(Cc3ccccc3C2=O)[C@]12C(=O)c1cccc3cccc2c13. The fourth-order valence-electron chi connectivity index (χ4n) is 8.06. The van der Waals surface area contributed by atoms with Crippen LogP contribution in [-0.4, -0.2) is 35.0 Å². The minimum absolute atomic E-state index is 0.00638. The van der Waals surface area contributed by atoms with Gasteiger partial charge >= 0.3 is 0 Å². The van der Waals surface area contributed by atoms with Crippen molar-refractivity contribution in [3.63, 3.8) is 0 Å². The molecule has 0 radical (unpaired) electrons. The number of ketones is 2. The van der Waals surface area contributed by atoms with Gasteiger partial charge < -0.3 is 0 Å². The van der Waals surface area contributed by atoms with Crippen LogP contribution in [0.5, 0.6) is 0 Å². The number of halogens is 1. The molecule has 3 aliphatic rings. The van der Waals surface area contributed by atoms with Gasteiger partial charge in [0.05, 0.1) is 5.41 Å². The third-order valence-corrected chi connectivity index (χ3v) is 9.61. The van der Waals surface area contributed by atoms with Crippen molar-refractivity contribution in [3.8, 4) is 11.1 Å². The topological polar surface area (TPSA) is 50.3 Å². The zero-order valence-corrected chi connectivity index (χ0v) is 21.9. The number of hydrogen-bond acceptors (Lipinski definition) is 4. The van der Waals surface area contributed by atoms with Gasteiger partial charge in [0.1, 0.15) is 11.4 Å². The first-order chi connectivity index (χ1) is 19.5. The second kappa shape index (κ2) is 8.03. The molecular formula is C35H25FN2O2. The quantitative estimate of drug-likeness (QED) is 0.262. The lowest BCUT2D eigenvalue weighted by molar-refractivity contribution is 0.0342. The molecule has 4 nitrogen and oxygen atoms in total. The molecule has 194 valence electrons. The van der Waals surface area contributed by atoms with Crippen molar-refractivity contribution in [2.45, 2.75) is 17.9 Å². The van der Waals surface area contributed by atoms with Gasteiger partial charge in [-0.05, 0) is 64.7 Å². The summed E-state index contributed by atoms with van der Waals surface area (Å²) in [7, 11) is 1.98. The summed E-state index contributed by atoms with van der Waals surface area (Å²) in [4.78, 5) is 36.4. The first-order valence-corrected chi connectivity index (χ1v) is 13.6. The van der Waals surface area contributed by atoms with Crippen molar-refractivity contribution in [3.05, 3.63) is 137 Å². The minimum Gasteiger partial charge on any atom is -0.293 e. The molecule has 0 saturated carbocycles. The molecule has 2 spiro atoms. The number of fused-ring (bicyclic) bond motifs is 3. The lowest BCUT2D eigenvalue weighted by Crippen LogP contribution is -2.57. The maximum absolute atomic E-state index is 14.9. The number of likely N-dealkylation sites (N-methyl/N-ethyl adjacent to an activating group) is 1. The van der Waals surface area contributed by atoms with Gasteiger partial charge in [0.15, 0.2) is 11.6 Å². The van der Waals surface area contributed by atoms with Crippen molar-refractivity contribution < 1.29 is 14.0 Å². The molecule has 1 aromatic heterocycles. The molecule has 0 N–H and O–H groups in total. The van der Waals surface area contributed by atoms with Crippen LogP contribution in [0.3, 0.4) is 0 Å². The smallest absolute Gasteiger partial charge is 0.189 e. The average Bonchev–Trinajstić information content (AvgIpc) is 3.53. The highest BCUT2D eigenvalue weighted by Crippen LogP contribution is 2.67. The minimum atomic E-state index is -1.15. The molecule has 1 saturated heterocycles. The molecular weight excluding hydrogens is 499 g/mol. The van der Waals surface area contributed by atoms with Gasteiger partial charge in [-0.15, -0.1) is 0 Å². The van der Waals surface area contributed by atoms with Crippen LogP contribution in [0, 0.1) is 11.2 Å². The number of pyridine rings is 1. The Balaban J connectivity index is 1.40. The number of Topliss-reactive ketones (excluding diaryl/α,β-unsaturated/α-hetero) is 2. The number of carbonyl (C=O) groups is 2. The van der Waals surface area contributed by atoms with E-state index in [2.05, 4.69) is 16.0 Å². The first kappa shape index (κ1) is 23.4. The summed E-state index contributed by atoms with van der Waals surface area (Å²) in [6.07, 6.45) is 4.06. The summed E-state index contributed by atoms with van der Waals surface area (Å²) >= 11 is 0. The van der Waals surface area contributed by atoms with E-state index in [-0.39, 0.29) is 23.3 Å². The van der Waals surface area contributed by atoms with Gasteiger partial charge in [-0.25, -0.2) is 4.39 Å². The summed E-state index contributed by atoms with van der Waals surface area (Å²) in [5.41, 5.74) is 3.67. The maximum Gasteiger partial charge on any atom is 0.189 e.